The molecule has 0 amide bonds. The van der Waals surface area contributed by atoms with Crippen LogP contribution in [-0.2, 0) is 0 Å². The van der Waals surface area contributed by atoms with E-state index in [1.165, 1.54) is 25.7 Å². The average Bonchev–Trinajstić information content (AvgIpc) is 3.24. The minimum atomic E-state index is 0.260. The third-order valence-corrected chi connectivity index (χ3v) is 4.56. The molecule has 1 aromatic heterocycles. The van der Waals surface area contributed by atoms with Crippen molar-refractivity contribution in [2.24, 2.45) is 5.84 Å². The van der Waals surface area contributed by atoms with E-state index < -0.39 is 0 Å². The fourth-order valence-corrected chi connectivity index (χ4v) is 3.21. The van der Waals surface area contributed by atoms with Crippen molar-refractivity contribution in [3.05, 3.63) is 11.4 Å². The first kappa shape index (κ1) is 14.5. The van der Waals surface area contributed by atoms with Crippen molar-refractivity contribution >= 4 is 11.6 Å². The van der Waals surface area contributed by atoms with E-state index in [0.717, 1.165) is 42.4 Å². The molecule has 4 N–H and O–H groups in total. The monoisotopic (exact) mass is 291 g/mol. The lowest BCUT2D eigenvalue weighted by Gasteiger charge is -2.28. The maximum atomic E-state index is 9.07. The molecule has 0 bridgehead atoms. The summed E-state index contributed by atoms with van der Waals surface area (Å²) in [6, 6.07) is 0.475. The largest absolute Gasteiger partial charge is 0.396 e. The fraction of sp³-hybridized carbons (Fsp3) is 0.733. The number of nitrogens with zero attached hydrogens (tertiary/aromatic N) is 3. The molecule has 116 valence electrons. The van der Waals surface area contributed by atoms with Gasteiger partial charge in [-0.1, -0.05) is 0 Å². The lowest BCUT2D eigenvalue weighted by molar-refractivity contribution is 0.279. The molecule has 0 radical (unpaired) electrons. The summed E-state index contributed by atoms with van der Waals surface area (Å²) in [4.78, 5) is 11.8. The summed E-state index contributed by atoms with van der Waals surface area (Å²) < 4.78 is 0. The molecule has 6 heteroatoms. The zero-order valence-corrected chi connectivity index (χ0v) is 12.7. The molecule has 1 saturated carbocycles. The van der Waals surface area contributed by atoms with Crippen LogP contribution in [0.3, 0.4) is 0 Å². The predicted octanol–water partition coefficient (Wildman–Crippen LogP) is 1.69. The van der Waals surface area contributed by atoms with E-state index in [2.05, 4.69) is 15.3 Å². The predicted molar refractivity (Wildman–Crippen MR) is 83.2 cm³/mol. The first-order chi connectivity index (χ1) is 10.2. The van der Waals surface area contributed by atoms with Crippen LogP contribution in [0.15, 0.2) is 0 Å². The summed E-state index contributed by atoms with van der Waals surface area (Å²) in [7, 11) is 0. The van der Waals surface area contributed by atoms with Crippen molar-refractivity contribution in [2.75, 3.05) is 23.5 Å². The van der Waals surface area contributed by atoms with Crippen LogP contribution < -0.4 is 16.2 Å². The number of hydrogen-bond donors (Lipinski definition) is 3. The highest BCUT2D eigenvalue weighted by Gasteiger charge is 2.31. The molecule has 1 saturated heterocycles. The molecular weight excluding hydrogens is 266 g/mol. The minimum absolute atomic E-state index is 0.260. The number of hydrogen-bond acceptors (Lipinski definition) is 6. The van der Waals surface area contributed by atoms with Crippen LogP contribution in [0, 0.1) is 6.92 Å². The summed E-state index contributed by atoms with van der Waals surface area (Å²) in [6.45, 7) is 3.32. The standard InChI is InChI=1S/C15H25N5O/c1-10-13(19-16)17-14(11-6-7-11)18-15(10)20-8-2-4-12(20)5-3-9-21/h11-12,21H,2-9,16H2,1H3,(H,17,18,19). The van der Waals surface area contributed by atoms with Gasteiger partial charge in [0, 0.05) is 30.7 Å². The Balaban J connectivity index is 1.90. The van der Waals surface area contributed by atoms with Gasteiger partial charge in [0.25, 0.3) is 0 Å². The number of nitrogens with two attached hydrogens (primary N) is 1. The van der Waals surface area contributed by atoms with Gasteiger partial charge in [-0.3, -0.25) is 0 Å². The first-order valence-electron chi connectivity index (χ1n) is 7.97. The summed E-state index contributed by atoms with van der Waals surface area (Å²) in [5, 5.41) is 9.07. The van der Waals surface area contributed by atoms with Crippen molar-refractivity contribution in [1.29, 1.82) is 0 Å². The number of aliphatic hydroxyl groups is 1. The SMILES string of the molecule is Cc1c(NN)nc(C2CC2)nc1N1CCCC1CCCO. The lowest BCUT2D eigenvalue weighted by Crippen LogP contribution is -2.31. The van der Waals surface area contributed by atoms with Gasteiger partial charge < -0.3 is 15.4 Å². The number of aromatic nitrogens is 2. The van der Waals surface area contributed by atoms with Crippen LogP contribution in [0.25, 0.3) is 0 Å². The van der Waals surface area contributed by atoms with Crippen molar-refractivity contribution < 1.29 is 5.11 Å². The summed E-state index contributed by atoms with van der Waals surface area (Å²) in [5.74, 6) is 8.84. The zero-order valence-electron chi connectivity index (χ0n) is 12.7. The Labute approximate surface area is 125 Å². The molecule has 6 nitrogen and oxygen atoms in total. The van der Waals surface area contributed by atoms with Gasteiger partial charge in [-0.15, -0.1) is 0 Å². The van der Waals surface area contributed by atoms with Crippen LogP contribution in [0.5, 0.6) is 0 Å². The van der Waals surface area contributed by atoms with Crippen LogP contribution in [0.1, 0.15) is 55.8 Å². The van der Waals surface area contributed by atoms with E-state index in [0.29, 0.717) is 12.0 Å². The quantitative estimate of drug-likeness (QED) is 0.546. The lowest BCUT2D eigenvalue weighted by atomic mass is 10.1. The third kappa shape index (κ3) is 2.96. The molecule has 1 unspecified atom stereocenters. The van der Waals surface area contributed by atoms with Gasteiger partial charge in [-0.2, -0.15) is 0 Å². The second-order valence-electron chi connectivity index (χ2n) is 6.15. The third-order valence-electron chi connectivity index (χ3n) is 4.56. The minimum Gasteiger partial charge on any atom is -0.396 e. The zero-order chi connectivity index (χ0) is 14.8. The van der Waals surface area contributed by atoms with E-state index in [-0.39, 0.29) is 6.61 Å². The van der Waals surface area contributed by atoms with Crippen molar-refractivity contribution in [3.63, 3.8) is 0 Å². The highest BCUT2D eigenvalue weighted by atomic mass is 16.2. The molecule has 0 spiro atoms. The average molecular weight is 291 g/mol. The molecule has 2 fully saturated rings. The number of nitrogen functional groups attached to an aromatic ring is 1. The van der Waals surface area contributed by atoms with Gasteiger partial charge in [0.2, 0.25) is 0 Å². The second kappa shape index (κ2) is 6.15. The van der Waals surface area contributed by atoms with Crippen LogP contribution >= 0.6 is 0 Å². The highest BCUT2D eigenvalue weighted by molar-refractivity contribution is 5.59. The molecule has 21 heavy (non-hydrogen) atoms. The summed E-state index contributed by atoms with van der Waals surface area (Å²) in [6.07, 6.45) is 6.59. The Morgan fingerprint density at radius 1 is 1.33 bits per heavy atom. The molecule has 1 aliphatic carbocycles. The number of rotatable bonds is 6. The van der Waals surface area contributed by atoms with Gasteiger partial charge >= 0.3 is 0 Å². The van der Waals surface area contributed by atoms with E-state index in [1.807, 2.05) is 6.92 Å². The maximum Gasteiger partial charge on any atom is 0.148 e. The van der Waals surface area contributed by atoms with E-state index >= 15 is 0 Å². The van der Waals surface area contributed by atoms with E-state index in [1.54, 1.807) is 0 Å². The first-order valence-corrected chi connectivity index (χ1v) is 7.97. The van der Waals surface area contributed by atoms with Crippen LogP contribution in [0.4, 0.5) is 11.6 Å². The van der Waals surface area contributed by atoms with Crippen molar-refractivity contribution in [2.45, 2.75) is 57.4 Å². The van der Waals surface area contributed by atoms with Gasteiger partial charge in [0.05, 0.1) is 0 Å². The number of aliphatic hydroxyl groups excluding tert-OH is 1. The highest BCUT2D eigenvalue weighted by Crippen LogP contribution is 2.40. The molecule has 3 rings (SSSR count). The molecule has 1 atom stereocenters. The number of anilines is 2. The Kier molecular flexibility index (Phi) is 4.26. The smallest absolute Gasteiger partial charge is 0.148 e. The van der Waals surface area contributed by atoms with Gasteiger partial charge in [-0.05, 0) is 45.4 Å². The van der Waals surface area contributed by atoms with Crippen LogP contribution in [0.2, 0.25) is 0 Å². The second-order valence-corrected chi connectivity index (χ2v) is 6.15. The van der Waals surface area contributed by atoms with E-state index in [9.17, 15) is 0 Å². The van der Waals surface area contributed by atoms with Gasteiger partial charge in [0.1, 0.15) is 17.5 Å². The summed E-state index contributed by atoms with van der Waals surface area (Å²) in [5.41, 5.74) is 3.75. The molecule has 1 aromatic rings. The fourth-order valence-electron chi connectivity index (χ4n) is 3.21. The Hall–Kier alpha value is -1.40. The van der Waals surface area contributed by atoms with Crippen molar-refractivity contribution in [1.82, 2.24) is 9.97 Å². The van der Waals surface area contributed by atoms with Gasteiger partial charge in [-0.25, -0.2) is 15.8 Å². The number of nitrogens with one attached hydrogen (secondary N) is 1. The summed E-state index contributed by atoms with van der Waals surface area (Å²) >= 11 is 0. The Morgan fingerprint density at radius 2 is 2.14 bits per heavy atom. The molecule has 1 aliphatic heterocycles. The normalized spacial score (nSPS) is 21.9. The molecular formula is C15H25N5O. The van der Waals surface area contributed by atoms with Crippen LogP contribution in [-0.4, -0.2) is 34.3 Å². The van der Waals surface area contributed by atoms with Crippen molar-refractivity contribution in [3.8, 4) is 0 Å². The maximum absolute atomic E-state index is 9.07. The Morgan fingerprint density at radius 3 is 2.81 bits per heavy atom. The number of hydrazine groups is 1. The van der Waals surface area contributed by atoms with Gasteiger partial charge in [0.15, 0.2) is 0 Å². The van der Waals surface area contributed by atoms with E-state index in [4.69, 9.17) is 15.9 Å². The topological polar surface area (TPSA) is 87.3 Å². The molecule has 0 aromatic carbocycles. The Bertz CT molecular complexity index is 503. The molecule has 2 aliphatic rings. The molecule has 2 heterocycles.